The number of aryl methyl sites for hydroxylation is 1. The minimum absolute atomic E-state index is 0.146. The molecule has 8 nitrogen and oxygen atoms in total. The smallest absolute Gasteiger partial charge is 0.352 e. The monoisotopic (exact) mass is 358 g/mol. The predicted molar refractivity (Wildman–Crippen MR) is 97.5 cm³/mol. The quantitative estimate of drug-likeness (QED) is 0.794. The Labute approximate surface area is 151 Å². The van der Waals surface area contributed by atoms with Crippen molar-refractivity contribution in [3.63, 3.8) is 0 Å². The minimum atomic E-state index is -1.01. The van der Waals surface area contributed by atoms with E-state index in [2.05, 4.69) is 15.1 Å². The van der Waals surface area contributed by atoms with Gasteiger partial charge in [0, 0.05) is 38.5 Å². The minimum Gasteiger partial charge on any atom is -0.494 e. The average molecular weight is 358 g/mol. The molecule has 1 N–H and O–H groups in total. The number of hydrogen-bond acceptors (Lipinski definition) is 6. The zero-order valence-corrected chi connectivity index (χ0v) is 15.1. The van der Waals surface area contributed by atoms with E-state index in [1.165, 1.54) is 10.6 Å². The SMILES string of the molecule is COc1cc(N2CCCC2)c(OC)cc1N=Nc1cc(C(=O)O)n(C)c1. The third kappa shape index (κ3) is 3.49. The van der Waals surface area contributed by atoms with Gasteiger partial charge in [0.15, 0.2) is 0 Å². The second-order valence-electron chi connectivity index (χ2n) is 6.09. The first-order valence-electron chi connectivity index (χ1n) is 8.36. The Kier molecular flexibility index (Phi) is 5.11. The highest BCUT2D eigenvalue weighted by molar-refractivity contribution is 5.87. The second kappa shape index (κ2) is 7.47. The number of carboxylic acid groups (broad SMARTS) is 1. The van der Waals surface area contributed by atoms with Crippen molar-refractivity contribution in [2.24, 2.45) is 17.3 Å². The number of carbonyl (C=O) groups is 1. The molecule has 1 saturated heterocycles. The maximum atomic E-state index is 11.1. The van der Waals surface area contributed by atoms with Crippen LogP contribution in [0.3, 0.4) is 0 Å². The fourth-order valence-corrected chi connectivity index (χ4v) is 3.07. The number of benzene rings is 1. The summed E-state index contributed by atoms with van der Waals surface area (Å²) in [5, 5.41) is 17.5. The van der Waals surface area contributed by atoms with E-state index < -0.39 is 5.97 Å². The number of nitrogens with zero attached hydrogens (tertiary/aromatic N) is 4. The van der Waals surface area contributed by atoms with Gasteiger partial charge in [-0.25, -0.2) is 4.79 Å². The Balaban J connectivity index is 1.93. The Morgan fingerprint density at radius 3 is 2.35 bits per heavy atom. The van der Waals surface area contributed by atoms with E-state index in [1.54, 1.807) is 33.5 Å². The lowest BCUT2D eigenvalue weighted by atomic mass is 10.2. The molecule has 0 radical (unpaired) electrons. The molecule has 0 amide bonds. The number of carboxylic acids is 1. The number of methoxy groups -OCH3 is 2. The Bertz CT molecular complexity index is 838. The van der Waals surface area contributed by atoms with Crippen molar-refractivity contribution in [3.05, 3.63) is 30.1 Å². The summed E-state index contributed by atoms with van der Waals surface area (Å²) in [6, 6.07) is 5.16. The highest BCUT2D eigenvalue weighted by Crippen LogP contribution is 2.41. The molecule has 2 heterocycles. The van der Waals surface area contributed by atoms with E-state index in [0.717, 1.165) is 31.6 Å². The molecular formula is C18H22N4O4. The molecule has 0 unspecified atom stereocenters. The van der Waals surface area contributed by atoms with Crippen LogP contribution in [0.1, 0.15) is 23.3 Å². The van der Waals surface area contributed by atoms with Crippen LogP contribution in [0.15, 0.2) is 34.6 Å². The Hall–Kier alpha value is -3.03. The van der Waals surface area contributed by atoms with Crippen LogP contribution in [0.25, 0.3) is 0 Å². The summed E-state index contributed by atoms with van der Waals surface area (Å²) >= 11 is 0. The van der Waals surface area contributed by atoms with Gasteiger partial charge in [0.1, 0.15) is 28.6 Å². The van der Waals surface area contributed by atoms with Gasteiger partial charge in [-0.15, -0.1) is 10.2 Å². The third-order valence-electron chi connectivity index (χ3n) is 4.41. The number of hydrogen-bond donors (Lipinski definition) is 1. The maximum absolute atomic E-state index is 11.1. The van der Waals surface area contributed by atoms with Gasteiger partial charge < -0.3 is 24.0 Å². The molecule has 2 aromatic rings. The van der Waals surface area contributed by atoms with Crippen molar-refractivity contribution >= 4 is 23.0 Å². The van der Waals surface area contributed by atoms with E-state index in [-0.39, 0.29) is 5.69 Å². The standard InChI is InChI=1S/C18H22N4O4/c1-21-11-12(8-15(21)18(23)24)19-20-13-9-17(26-3)14(10-16(13)25-2)22-6-4-5-7-22/h8-11H,4-7H2,1-3H3,(H,23,24). The summed E-state index contributed by atoms with van der Waals surface area (Å²) in [4.78, 5) is 13.4. The van der Waals surface area contributed by atoms with E-state index in [4.69, 9.17) is 14.6 Å². The molecule has 3 rings (SSSR count). The topological polar surface area (TPSA) is 88.7 Å². The molecule has 0 spiro atoms. The fraction of sp³-hybridized carbons (Fsp3) is 0.389. The van der Waals surface area contributed by atoms with E-state index in [1.807, 2.05) is 6.07 Å². The number of anilines is 1. The van der Waals surface area contributed by atoms with Crippen LogP contribution in [0.2, 0.25) is 0 Å². The molecule has 0 atom stereocenters. The fourth-order valence-electron chi connectivity index (χ4n) is 3.07. The van der Waals surface area contributed by atoms with Gasteiger partial charge in [-0.2, -0.15) is 0 Å². The van der Waals surface area contributed by atoms with Crippen LogP contribution in [0.4, 0.5) is 17.1 Å². The predicted octanol–water partition coefficient (Wildman–Crippen LogP) is 3.76. The van der Waals surface area contributed by atoms with Gasteiger partial charge in [0.05, 0.1) is 19.9 Å². The molecular weight excluding hydrogens is 336 g/mol. The normalized spacial score (nSPS) is 14.2. The zero-order chi connectivity index (χ0) is 18.7. The van der Waals surface area contributed by atoms with Crippen molar-refractivity contribution in [3.8, 4) is 11.5 Å². The molecule has 1 aliphatic heterocycles. The lowest BCUT2D eigenvalue weighted by Crippen LogP contribution is -2.18. The summed E-state index contributed by atoms with van der Waals surface area (Å²) in [6.45, 7) is 1.98. The second-order valence-corrected chi connectivity index (χ2v) is 6.09. The number of aromatic carboxylic acids is 1. The molecule has 1 aromatic heterocycles. The zero-order valence-electron chi connectivity index (χ0n) is 15.1. The van der Waals surface area contributed by atoms with Crippen molar-refractivity contribution in [1.82, 2.24) is 4.57 Å². The van der Waals surface area contributed by atoms with Crippen LogP contribution in [-0.4, -0.2) is 43.0 Å². The van der Waals surface area contributed by atoms with Gasteiger partial charge >= 0.3 is 5.97 Å². The molecule has 1 aromatic carbocycles. The van der Waals surface area contributed by atoms with Crippen molar-refractivity contribution < 1.29 is 19.4 Å². The Morgan fingerprint density at radius 2 is 1.77 bits per heavy atom. The highest BCUT2D eigenvalue weighted by Gasteiger charge is 2.19. The number of azo groups is 1. The summed E-state index contributed by atoms with van der Waals surface area (Å²) < 4.78 is 12.5. The highest BCUT2D eigenvalue weighted by atomic mass is 16.5. The summed E-state index contributed by atoms with van der Waals surface area (Å²) in [5.41, 5.74) is 2.10. The van der Waals surface area contributed by atoms with Crippen molar-refractivity contribution in [2.75, 3.05) is 32.2 Å². The lowest BCUT2D eigenvalue weighted by Gasteiger charge is -2.21. The van der Waals surface area contributed by atoms with Gasteiger partial charge in [-0.1, -0.05) is 0 Å². The van der Waals surface area contributed by atoms with Gasteiger partial charge in [0.25, 0.3) is 0 Å². The average Bonchev–Trinajstić information content (AvgIpc) is 3.28. The summed E-state index contributed by atoms with van der Waals surface area (Å²) in [5.74, 6) is 0.287. The largest absolute Gasteiger partial charge is 0.494 e. The van der Waals surface area contributed by atoms with Crippen LogP contribution < -0.4 is 14.4 Å². The lowest BCUT2D eigenvalue weighted by molar-refractivity contribution is 0.0686. The van der Waals surface area contributed by atoms with Crippen LogP contribution >= 0.6 is 0 Å². The molecule has 8 heteroatoms. The maximum Gasteiger partial charge on any atom is 0.352 e. The first-order chi connectivity index (χ1) is 12.5. The van der Waals surface area contributed by atoms with Crippen LogP contribution in [0.5, 0.6) is 11.5 Å². The number of rotatable bonds is 6. The molecule has 1 fully saturated rings. The summed E-state index contributed by atoms with van der Waals surface area (Å²) in [7, 11) is 4.86. The van der Waals surface area contributed by atoms with Gasteiger partial charge in [0.2, 0.25) is 0 Å². The first-order valence-corrected chi connectivity index (χ1v) is 8.36. The third-order valence-corrected chi connectivity index (χ3v) is 4.41. The molecule has 0 saturated carbocycles. The van der Waals surface area contributed by atoms with E-state index in [9.17, 15) is 4.79 Å². The molecule has 26 heavy (non-hydrogen) atoms. The molecule has 0 aliphatic carbocycles. The van der Waals surface area contributed by atoms with Crippen molar-refractivity contribution in [2.45, 2.75) is 12.8 Å². The number of ether oxygens (including phenoxy) is 2. The van der Waals surface area contributed by atoms with E-state index >= 15 is 0 Å². The first kappa shape index (κ1) is 17.8. The summed E-state index contributed by atoms with van der Waals surface area (Å²) in [6.07, 6.45) is 3.93. The van der Waals surface area contributed by atoms with Gasteiger partial charge in [-0.3, -0.25) is 0 Å². The molecule has 1 aliphatic rings. The Morgan fingerprint density at radius 1 is 1.08 bits per heavy atom. The van der Waals surface area contributed by atoms with Crippen LogP contribution in [0, 0.1) is 0 Å². The number of aromatic nitrogens is 1. The van der Waals surface area contributed by atoms with Gasteiger partial charge in [-0.05, 0) is 18.9 Å². The molecule has 0 bridgehead atoms. The van der Waals surface area contributed by atoms with Crippen molar-refractivity contribution in [1.29, 1.82) is 0 Å². The van der Waals surface area contributed by atoms with E-state index in [0.29, 0.717) is 22.9 Å². The van der Waals surface area contributed by atoms with Crippen LogP contribution in [-0.2, 0) is 7.05 Å². The molecule has 138 valence electrons.